The van der Waals surface area contributed by atoms with Gasteiger partial charge in [-0.15, -0.1) is 0 Å². The average molecular weight is 269 g/mol. The van der Waals surface area contributed by atoms with Gasteiger partial charge in [-0.25, -0.2) is 4.79 Å². The van der Waals surface area contributed by atoms with Crippen molar-refractivity contribution in [1.29, 1.82) is 0 Å². The van der Waals surface area contributed by atoms with Crippen molar-refractivity contribution in [3.8, 4) is 5.69 Å². The Hall–Kier alpha value is -2.29. The van der Waals surface area contributed by atoms with Gasteiger partial charge in [-0.3, -0.25) is 0 Å². The number of aromatic nitrogens is 1. The number of hydrogen-bond acceptors (Lipinski definition) is 1. The van der Waals surface area contributed by atoms with E-state index >= 15 is 0 Å². The normalized spacial score (nSPS) is 11.2. The summed E-state index contributed by atoms with van der Waals surface area (Å²) in [5.41, 5.74) is 6.66. The van der Waals surface area contributed by atoms with Gasteiger partial charge in [-0.2, -0.15) is 0 Å². The predicted octanol–water partition coefficient (Wildman–Crippen LogP) is 3.81. The molecule has 0 aliphatic carbocycles. The molecule has 0 radical (unpaired) electrons. The lowest BCUT2D eigenvalue weighted by Gasteiger charge is -2.13. The first kappa shape index (κ1) is 14.1. The smallest absolute Gasteiger partial charge is 0.328 e. The van der Waals surface area contributed by atoms with Crippen LogP contribution < -0.4 is 0 Å². The van der Waals surface area contributed by atoms with Crippen molar-refractivity contribution in [3.63, 3.8) is 0 Å². The third-order valence-electron chi connectivity index (χ3n) is 3.47. The number of aryl methyl sites for hydroxylation is 3. The zero-order chi connectivity index (χ0) is 14.9. The van der Waals surface area contributed by atoms with Crippen molar-refractivity contribution < 1.29 is 9.90 Å². The fraction of sp³-hybridized carbons (Fsp3) is 0.235. The third-order valence-corrected chi connectivity index (χ3v) is 3.47. The molecule has 0 unspecified atom stereocenters. The summed E-state index contributed by atoms with van der Waals surface area (Å²) in [6.07, 6.45) is 2.82. The van der Waals surface area contributed by atoms with Crippen LogP contribution in [0.3, 0.4) is 0 Å². The van der Waals surface area contributed by atoms with Gasteiger partial charge in [0.2, 0.25) is 0 Å². The Bertz CT molecular complexity index is 693. The van der Waals surface area contributed by atoms with Gasteiger partial charge in [0, 0.05) is 23.2 Å². The molecule has 0 amide bonds. The van der Waals surface area contributed by atoms with Gasteiger partial charge < -0.3 is 9.67 Å². The zero-order valence-electron chi connectivity index (χ0n) is 12.3. The molecule has 0 fully saturated rings. The SMILES string of the molecule is Cc1ccc(-n2c(C)cc(/C=C/C(=O)O)c2C)c(C)c1. The molecule has 1 N–H and O–H groups in total. The van der Waals surface area contributed by atoms with Crippen LogP contribution in [0.15, 0.2) is 30.3 Å². The van der Waals surface area contributed by atoms with E-state index in [2.05, 4.69) is 36.6 Å². The summed E-state index contributed by atoms with van der Waals surface area (Å²) in [4.78, 5) is 10.6. The number of carboxylic acid groups (broad SMARTS) is 1. The zero-order valence-corrected chi connectivity index (χ0v) is 12.3. The molecule has 0 saturated heterocycles. The molecule has 1 heterocycles. The first-order valence-electron chi connectivity index (χ1n) is 6.57. The van der Waals surface area contributed by atoms with Crippen molar-refractivity contribution in [1.82, 2.24) is 4.57 Å². The van der Waals surface area contributed by atoms with Crippen LogP contribution in [0.25, 0.3) is 11.8 Å². The maximum absolute atomic E-state index is 10.6. The molecule has 0 spiro atoms. The second kappa shape index (κ2) is 5.37. The lowest BCUT2D eigenvalue weighted by Crippen LogP contribution is -2.01. The Morgan fingerprint density at radius 1 is 1.15 bits per heavy atom. The highest BCUT2D eigenvalue weighted by molar-refractivity contribution is 5.85. The van der Waals surface area contributed by atoms with E-state index in [1.165, 1.54) is 17.2 Å². The van der Waals surface area contributed by atoms with Crippen molar-refractivity contribution >= 4 is 12.0 Å². The van der Waals surface area contributed by atoms with E-state index in [4.69, 9.17) is 5.11 Å². The van der Waals surface area contributed by atoms with E-state index < -0.39 is 5.97 Å². The molecule has 0 aliphatic rings. The fourth-order valence-corrected chi connectivity index (χ4v) is 2.54. The summed E-state index contributed by atoms with van der Waals surface area (Å²) in [5.74, 6) is -0.929. The lowest BCUT2D eigenvalue weighted by atomic mass is 10.1. The molecule has 3 nitrogen and oxygen atoms in total. The lowest BCUT2D eigenvalue weighted by molar-refractivity contribution is -0.131. The van der Waals surface area contributed by atoms with Gasteiger partial charge in [0.1, 0.15) is 0 Å². The summed E-state index contributed by atoms with van der Waals surface area (Å²) >= 11 is 0. The van der Waals surface area contributed by atoms with E-state index in [-0.39, 0.29) is 0 Å². The minimum Gasteiger partial charge on any atom is -0.478 e. The highest BCUT2D eigenvalue weighted by Crippen LogP contribution is 2.24. The molecule has 20 heavy (non-hydrogen) atoms. The monoisotopic (exact) mass is 269 g/mol. The Morgan fingerprint density at radius 3 is 2.45 bits per heavy atom. The summed E-state index contributed by atoms with van der Waals surface area (Å²) < 4.78 is 2.16. The van der Waals surface area contributed by atoms with E-state index in [1.807, 2.05) is 19.9 Å². The second-order valence-corrected chi connectivity index (χ2v) is 5.12. The third kappa shape index (κ3) is 2.67. The molecule has 1 aromatic heterocycles. The molecule has 104 valence electrons. The number of carbonyl (C=O) groups is 1. The maximum atomic E-state index is 10.6. The van der Waals surface area contributed by atoms with Crippen LogP contribution in [0.4, 0.5) is 0 Å². The molecule has 2 rings (SSSR count). The van der Waals surface area contributed by atoms with Crippen LogP contribution in [0.5, 0.6) is 0 Å². The van der Waals surface area contributed by atoms with Crippen LogP contribution in [0.1, 0.15) is 28.1 Å². The Kier molecular flexibility index (Phi) is 3.79. The molecule has 0 saturated carbocycles. The first-order valence-corrected chi connectivity index (χ1v) is 6.57. The molecule has 0 bridgehead atoms. The van der Waals surface area contributed by atoms with Gasteiger partial charge in [0.05, 0.1) is 0 Å². The molecule has 3 heteroatoms. The van der Waals surface area contributed by atoms with E-state index in [0.717, 1.165) is 22.6 Å². The van der Waals surface area contributed by atoms with Gasteiger partial charge in [0.15, 0.2) is 0 Å². The minimum atomic E-state index is -0.929. The minimum absolute atomic E-state index is 0.929. The predicted molar refractivity (Wildman–Crippen MR) is 81.4 cm³/mol. The highest BCUT2D eigenvalue weighted by Gasteiger charge is 2.11. The van der Waals surface area contributed by atoms with Crippen molar-refractivity contribution in [2.45, 2.75) is 27.7 Å². The Morgan fingerprint density at radius 2 is 1.85 bits per heavy atom. The topological polar surface area (TPSA) is 42.2 Å². The van der Waals surface area contributed by atoms with Gasteiger partial charge in [-0.1, -0.05) is 17.7 Å². The number of benzene rings is 1. The summed E-state index contributed by atoms with van der Waals surface area (Å²) in [5, 5.41) is 8.74. The number of hydrogen-bond donors (Lipinski definition) is 1. The van der Waals surface area contributed by atoms with Gasteiger partial charge in [-0.05, 0) is 57.0 Å². The van der Waals surface area contributed by atoms with Crippen LogP contribution in [0, 0.1) is 27.7 Å². The number of nitrogens with zero attached hydrogens (tertiary/aromatic N) is 1. The van der Waals surface area contributed by atoms with Gasteiger partial charge >= 0.3 is 5.97 Å². The standard InChI is InChI=1S/C17H19NO2/c1-11-5-7-16(12(2)9-11)18-13(3)10-15(14(18)4)6-8-17(19)20/h5-10H,1-4H3,(H,19,20)/b8-6+. The maximum Gasteiger partial charge on any atom is 0.328 e. The van der Waals surface area contributed by atoms with Gasteiger partial charge in [0.25, 0.3) is 0 Å². The number of rotatable bonds is 3. The Labute approximate surface area is 119 Å². The van der Waals surface area contributed by atoms with E-state index in [1.54, 1.807) is 6.08 Å². The molecule has 0 aliphatic heterocycles. The first-order chi connectivity index (χ1) is 9.40. The molecule has 0 atom stereocenters. The van der Waals surface area contributed by atoms with Crippen LogP contribution in [-0.2, 0) is 4.79 Å². The highest BCUT2D eigenvalue weighted by atomic mass is 16.4. The van der Waals surface area contributed by atoms with Crippen molar-refractivity contribution in [3.05, 3.63) is 58.4 Å². The number of carboxylic acids is 1. The molecule has 2 aromatic rings. The van der Waals surface area contributed by atoms with E-state index in [9.17, 15) is 4.79 Å². The molecular weight excluding hydrogens is 250 g/mol. The fourth-order valence-electron chi connectivity index (χ4n) is 2.54. The van der Waals surface area contributed by atoms with E-state index in [0.29, 0.717) is 0 Å². The van der Waals surface area contributed by atoms with Crippen LogP contribution in [-0.4, -0.2) is 15.6 Å². The Balaban J connectivity index is 2.55. The largest absolute Gasteiger partial charge is 0.478 e. The second-order valence-electron chi connectivity index (χ2n) is 5.12. The molecular formula is C17H19NO2. The average Bonchev–Trinajstić information content (AvgIpc) is 2.63. The quantitative estimate of drug-likeness (QED) is 0.861. The number of aliphatic carboxylic acids is 1. The summed E-state index contributed by atoms with van der Waals surface area (Å²) in [6.45, 7) is 8.21. The van der Waals surface area contributed by atoms with Crippen molar-refractivity contribution in [2.24, 2.45) is 0 Å². The summed E-state index contributed by atoms with van der Waals surface area (Å²) in [6, 6.07) is 8.36. The van der Waals surface area contributed by atoms with Crippen LogP contribution >= 0.6 is 0 Å². The van der Waals surface area contributed by atoms with Crippen LogP contribution in [0.2, 0.25) is 0 Å². The summed E-state index contributed by atoms with van der Waals surface area (Å²) in [7, 11) is 0. The molecule has 1 aromatic carbocycles. The van der Waals surface area contributed by atoms with Crippen molar-refractivity contribution in [2.75, 3.05) is 0 Å².